The lowest BCUT2D eigenvalue weighted by Gasteiger charge is -2.24. The van der Waals surface area contributed by atoms with E-state index in [4.69, 9.17) is 17.3 Å². The second-order valence-corrected chi connectivity index (χ2v) is 5.29. The van der Waals surface area contributed by atoms with Crippen molar-refractivity contribution in [3.05, 3.63) is 23.0 Å². The summed E-state index contributed by atoms with van der Waals surface area (Å²) in [5.41, 5.74) is 7.39. The summed E-state index contributed by atoms with van der Waals surface area (Å²) in [6.45, 7) is 0. The summed E-state index contributed by atoms with van der Waals surface area (Å²) in [7, 11) is 0. The van der Waals surface area contributed by atoms with Crippen molar-refractivity contribution in [3.8, 4) is 0 Å². The highest BCUT2D eigenvalue weighted by atomic mass is 35.5. The van der Waals surface area contributed by atoms with Crippen LogP contribution in [0, 0.1) is 5.82 Å². The van der Waals surface area contributed by atoms with E-state index in [-0.39, 0.29) is 5.02 Å². The van der Waals surface area contributed by atoms with Gasteiger partial charge in [0.15, 0.2) is 0 Å². The molecule has 1 aliphatic carbocycles. The van der Waals surface area contributed by atoms with Crippen molar-refractivity contribution in [2.75, 3.05) is 5.73 Å². The first kappa shape index (κ1) is 11.8. The molecule has 1 aromatic carbocycles. The van der Waals surface area contributed by atoms with E-state index in [2.05, 4.69) is 4.98 Å². The monoisotopic (exact) mass is 267 g/mol. The zero-order chi connectivity index (χ0) is 12.7. The van der Waals surface area contributed by atoms with E-state index in [9.17, 15) is 4.39 Å². The van der Waals surface area contributed by atoms with Crippen LogP contribution in [0.5, 0.6) is 0 Å². The van der Waals surface area contributed by atoms with E-state index in [1.165, 1.54) is 25.3 Å². The topological polar surface area (TPSA) is 43.8 Å². The summed E-state index contributed by atoms with van der Waals surface area (Å²) in [6, 6.07) is 3.35. The molecule has 1 aliphatic rings. The van der Waals surface area contributed by atoms with Gasteiger partial charge in [-0.1, -0.05) is 30.9 Å². The minimum absolute atomic E-state index is 0.124. The van der Waals surface area contributed by atoms with Gasteiger partial charge in [-0.3, -0.25) is 0 Å². The Kier molecular flexibility index (Phi) is 2.90. The van der Waals surface area contributed by atoms with Crippen LogP contribution in [0.2, 0.25) is 5.02 Å². The number of hydrogen-bond donors (Lipinski definition) is 1. The highest BCUT2D eigenvalue weighted by Gasteiger charge is 2.21. The van der Waals surface area contributed by atoms with Crippen LogP contribution in [-0.2, 0) is 0 Å². The average molecular weight is 268 g/mol. The van der Waals surface area contributed by atoms with Crippen LogP contribution in [0.1, 0.15) is 38.1 Å². The number of nitrogen functional groups attached to an aromatic ring is 1. The Bertz CT molecular complexity index is 587. The number of nitrogens with two attached hydrogens (primary N) is 1. The normalized spacial score (nSPS) is 17.4. The molecule has 1 saturated carbocycles. The molecule has 0 atom stereocenters. The molecular weight excluding hydrogens is 253 g/mol. The first-order valence-corrected chi connectivity index (χ1v) is 6.67. The van der Waals surface area contributed by atoms with Crippen LogP contribution >= 0.6 is 11.6 Å². The number of benzene rings is 1. The molecule has 0 bridgehead atoms. The van der Waals surface area contributed by atoms with Crippen LogP contribution in [0.4, 0.5) is 10.3 Å². The highest BCUT2D eigenvalue weighted by molar-refractivity contribution is 6.31. The Morgan fingerprint density at radius 3 is 2.72 bits per heavy atom. The summed E-state index contributed by atoms with van der Waals surface area (Å²) in [4.78, 5) is 4.23. The molecule has 0 aliphatic heterocycles. The van der Waals surface area contributed by atoms with E-state index >= 15 is 0 Å². The Balaban J connectivity index is 2.15. The number of fused-ring (bicyclic) bond motifs is 1. The van der Waals surface area contributed by atoms with Crippen LogP contribution in [0.3, 0.4) is 0 Å². The van der Waals surface area contributed by atoms with Gasteiger partial charge >= 0.3 is 0 Å². The molecule has 2 aromatic rings. The number of aromatic nitrogens is 2. The molecule has 18 heavy (non-hydrogen) atoms. The molecule has 0 saturated heterocycles. The third-order valence-electron chi connectivity index (χ3n) is 3.70. The molecule has 3 nitrogen and oxygen atoms in total. The first-order chi connectivity index (χ1) is 8.66. The van der Waals surface area contributed by atoms with Gasteiger partial charge in [0.25, 0.3) is 0 Å². The molecule has 0 amide bonds. The number of rotatable bonds is 1. The van der Waals surface area contributed by atoms with Crippen molar-refractivity contribution in [1.29, 1.82) is 0 Å². The number of halogens is 2. The quantitative estimate of drug-likeness (QED) is 0.851. The molecular formula is C13H15ClFN3. The third kappa shape index (κ3) is 1.85. The molecule has 0 radical (unpaired) electrons. The zero-order valence-corrected chi connectivity index (χ0v) is 10.8. The SMILES string of the molecule is Nc1nc2cc(F)c(Cl)cc2n1C1CCCCC1. The first-order valence-electron chi connectivity index (χ1n) is 6.29. The van der Waals surface area contributed by atoms with Gasteiger partial charge in [-0.15, -0.1) is 0 Å². The molecule has 0 spiro atoms. The van der Waals surface area contributed by atoms with Gasteiger partial charge < -0.3 is 10.3 Å². The van der Waals surface area contributed by atoms with E-state index in [0.717, 1.165) is 18.4 Å². The van der Waals surface area contributed by atoms with Gasteiger partial charge in [0, 0.05) is 12.1 Å². The maximum absolute atomic E-state index is 13.4. The summed E-state index contributed by atoms with van der Waals surface area (Å²) in [6.07, 6.45) is 5.89. The van der Waals surface area contributed by atoms with Crippen LogP contribution in [-0.4, -0.2) is 9.55 Å². The smallest absolute Gasteiger partial charge is 0.201 e. The van der Waals surface area contributed by atoms with Crippen molar-refractivity contribution >= 4 is 28.6 Å². The third-order valence-corrected chi connectivity index (χ3v) is 3.99. The van der Waals surface area contributed by atoms with Crippen LogP contribution in [0.15, 0.2) is 12.1 Å². The fourth-order valence-corrected chi connectivity index (χ4v) is 2.99. The van der Waals surface area contributed by atoms with E-state index < -0.39 is 5.82 Å². The Morgan fingerprint density at radius 1 is 1.28 bits per heavy atom. The predicted octanol–water partition coefficient (Wildman–Crippen LogP) is 3.92. The summed E-state index contributed by atoms with van der Waals surface area (Å²) in [5, 5.41) is 0.124. The van der Waals surface area contributed by atoms with Crippen LogP contribution < -0.4 is 5.73 Å². The number of hydrogen-bond acceptors (Lipinski definition) is 2. The van der Waals surface area contributed by atoms with Gasteiger partial charge in [0.05, 0.1) is 16.1 Å². The summed E-state index contributed by atoms with van der Waals surface area (Å²) >= 11 is 5.85. The molecule has 96 valence electrons. The van der Waals surface area contributed by atoms with Gasteiger partial charge in [0.2, 0.25) is 5.95 Å². The fourth-order valence-electron chi connectivity index (χ4n) is 2.83. The van der Waals surface area contributed by atoms with Crippen LogP contribution in [0.25, 0.3) is 11.0 Å². The minimum atomic E-state index is -0.447. The fraction of sp³-hybridized carbons (Fsp3) is 0.462. The molecule has 1 aromatic heterocycles. The summed E-state index contributed by atoms with van der Waals surface area (Å²) < 4.78 is 15.4. The second kappa shape index (κ2) is 4.43. The Morgan fingerprint density at radius 2 is 2.00 bits per heavy atom. The van der Waals surface area contributed by atoms with Gasteiger partial charge in [-0.2, -0.15) is 0 Å². The van der Waals surface area contributed by atoms with Gasteiger partial charge in [-0.05, 0) is 18.9 Å². The second-order valence-electron chi connectivity index (χ2n) is 4.89. The maximum Gasteiger partial charge on any atom is 0.201 e. The average Bonchev–Trinajstić information content (AvgIpc) is 2.66. The standard InChI is InChI=1S/C13H15ClFN3/c14-9-6-12-11(7-10(9)15)17-13(16)18(12)8-4-2-1-3-5-8/h6-8H,1-5H2,(H2,16,17). The number of anilines is 1. The lowest BCUT2D eigenvalue weighted by molar-refractivity contribution is 0.363. The lowest BCUT2D eigenvalue weighted by Crippen LogP contribution is -2.14. The van der Waals surface area contributed by atoms with Crippen molar-refractivity contribution in [2.45, 2.75) is 38.1 Å². The molecule has 1 fully saturated rings. The number of nitrogens with zero attached hydrogens (tertiary/aromatic N) is 2. The van der Waals surface area contributed by atoms with E-state index in [1.54, 1.807) is 6.07 Å². The Hall–Kier alpha value is -1.29. The Labute approximate surface area is 110 Å². The van der Waals surface area contributed by atoms with Crippen molar-refractivity contribution in [3.63, 3.8) is 0 Å². The largest absolute Gasteiger partial charge is 0.369 e. The lowest BCUT2D eigenvalue weighted by atomic mass is 9.95. The zero-order valence-electron chi connectivity index (χ0n) is 10.00. The van der Waals surface area contributed by atoms with Crippen molar-refractivity contribution in [2.24, 2.45) is 0 Å². The van der Waals surface area contributed by atoms with Gasteiger partial charge in [0.1, 0.15) is 5.82 Å². The number of imidazole rings is 1. The predicted molar refractivity (Wildman–Crippen MR) is 71.2 cm³/mol. The van der Waals surface area contributed by atoms with E-state index in [1.807, 2.05) is 4.57 Å². The van der Waals surface area contributed by atoms with Crippen molar-refractivity contribution in [1.82, 2.24) is 9.55 Å². The van der Waals surface area contributed by atoms with E-state index in [0.29, 0.717) is 17.5 Å². The molecule has 5 heteroatoms. The van der Waals surface area contributed by atoms with Gasteiger partial charge in [-0.25, -0.2) is 9.37 Å². The minimum Gasteiger partial charge on any atom is -0.369 e. The molecule has 3 rings (SSSR count). The molecule has 1 heterocycles. The highest BCUT2D eigenvalue weighted by Crippen LogP contribution is 2.34. The molecule has 0 unspecified atom stereocenters. The van der Waals surface area contributed by atoms with Crippen molar-refractivity contribution < 1.29 is 4.39 Å². The maximum atomic E-state index is 13.4. The summed E-state index contributed by atoms with van der Waals surface area (Å²) in [5.74, 6) is 0.0102. The molecule has 2 N–H and O–H groups in total.